The number of aryl methyl sites for hydroxylation is 1. The fraction of sp³-hybridized carbons (Fsp3) is 0.182. The average Bonchev–Trinajstić information content (AvgIpc) is 3.29. The van der Waals surface area contributed by atoms with Crippen LogP contribution in [-0.2, 0) is 9.59 Å². The fourth-order valence-corrected chi connectivity index (χ4v) is 3.36. The number of amides is 3. The van der Waals surface area contributed by atoms with Gasteiger partial charge < -0.3 is 5.32 Å². The molecule has 2 heterocycles. The van der Waals surface area contributed by atoms with Gasteiger partial charge >= 0.3 is 0 Å². The maximum atomic E-state index is 12.7. The van der Waals surface area contributed by atoms with Gasteiger partial charge in [-0.1, -0.05) is 6.07 Å². The summed E-state index contributed by atoms with van der Waals surface area (Å²) in [6, 6.07) is 12.3. The molecule has 0 radical (unpaired) electrons. The molecule has 0 aliphatic carbocycles. The Morgan fingerprint density at radius 3 is 2.31 bits per heavy atom. The van der Waals surface area contributed by atoms with Crippen LogP contribution in [-0.4, -0.2) is 27.5 Å². The van der Waals surface area contributed by atoms with Gasteiger partial charge in [0.25, 0.3) is 5.91 Å². The summed E-state index contributed by atoms with van der Waals surface area (Å²) in [4.78, 5) is 38.0. The molecule has 1 aliphatic rings. The second-order valence-corrected chi connectivity index (χ2v) is 7.04. The quantitative estimate of drug-likeness (QED) is 0.695. The number of rotatable bonds is 4. The molecule has 7 heteroatoms. The van der Waals surface area contributed by atoms with Gasteiger partial charge in [-0.2, -0.15) is 5.10 Å². The van der Waals surface area contributed by atoms with Crippen molar-refractivity contribution in [2.45, 2.75) is 26.7 Å². The van der Waals surface area contributed by atoms with Gasteiger partial charge in [0, 0.05) is 30.3 Å². The number of nitrogens with one attached hydrogen (secondary N) is 1. The van der Waals surface area contributed by atoms with Crippen LogP contribution in [0.15, 0.2) is 54.9 Å². The second-order valence-electron chi connectivity index (χ2n) is 7.04. The topological polar surface area (TPSA) is 84.3 Å². The number of carbonyl (C=O) groups excluding carboxylic acids is 3. The molecular formula is C22H20N4O3. The van der Waals surface area contributed by atoms with E-state index >= 15 is 0 Å². The number of nitrogens with zero attached hydrogens (tertiary/aromatic N) is 3. The van der Waals surface area contributed by atoms with Crippen LogP contribution < -0.4 is 10.2 Å². The molecule has 1 aromatic heterocycles. The lowest BCUT2D eigenvalue weighted by Crippen LogP contribution is -2.29. The second kappa shape index (κ2) is 7.35. The Hall–Kier alpha value is -3.74. The molecule has 1 aliphatic heterocycles. The first kappa shape index (κ1) is 18.6. The van der Waals surface area contributed by atoms with Crippen LogP contribution in [0.25, 0.3) is 5.69 Å². The highest BCUT2D eigenvalue weighted by atomic mass is 16.2. The molecule has 1 N–H and O–H groups in total. The number of benzene rings is 2. The summed E-state index contributed by atoms with van der Waals surface area (Å²) in [7, 11) is 0. The van der Waals surface area contributed by atoms with E-state index in [0.717, 1.165) is 11.3 Å². The third-order valence-electron chi connectivity index (χ3n) is 4.95. The monoisotopic (exact) mass is 388 g/mol. The maximum Gasteiger partial charge on any atom is 0.255 e. The minimum absolute atomic E-state index is 0.217. The molecule has 0 spiro atoms. The lowest BCUT2D eigenvalue weighted by atomic mass is 10.1. The van der Waals surface area contributed by atoms with Crippen molar-refractivity contribution in [3.8, 4) is 5.69 Å². The van der Waals surface area contributed by atoms with Crippen LogP contribution in [0.3, 0.4) is 0 Å². The third kappa shape index (κ3) is 3.54. The summed E-state index contributed by atoms with van der Waals surface area (Å²) < 4.78 is 1.74. The lowest BCUT2D eigenvalue weighted by molar-refractivity contribution is -0.121. The van der Waals surface area contributed by atoms with Crippen molar-refractivity contribution in [2.75, 3.05) is 10.2 Å². The van der Waals surface area contributed by atoms with E-state index < -0.39 is 0 Å². The summed E-state index contributed by atoms with van der Waals surface area (Å²) in [5, 5.41) is 7.13. The number of imide groups is 1. The van der Waals surface area contributed by atoms with E-state index in [1.165, 1.54) is 4.90 Å². The van der Waals surface area contributed by atoms with Gasteiger partial charge in [-0.05, 0) is 61.4 Å². The van der Waals surface area contributed by atoms with Gasteiger partial charge in [0.1, 0.15) is 0 Å². The van der Waals surface area contributed by atoms with Crippen molar-refractivity contribution in [1.29, 1.82) is 0 Å². The molecule has 3 aromatic rings. The largest absolute Gasteiger partial charge is 0.322 e. The summed E-state index contributed by atoms with van der Waals surface area (Å²) in [5.41, 5.74) is 4.16. The Balaban J connectivity index is 1.55. The van der Waals surface area contributed by atoms with E-state index in [4.69, 9.17) is 0 Å². The van der Waals surface area contributed by atoms with Crippen LogP contribution in [0.5, 0.6) is 0 Å². The summed E-state index contributed by atoms with van der Waals surface area (Å²) >= 11 is 0. The first-order chi connectivity index (χ1) is 13.9. The zero-order valence-corrected chi connectivity index (χ0v) is 16.2. The van der Waals surface area contributed by atoms with E-state index in [1.807, 2.05) is 25.3 Å². The van der Waals surface area contributed by atoms with Gasteiger partial charge in [-0.25, -0.2) is 4.68 Å². The molecule has 2 aromatic carbocycles. The minimum Gasteiger partial charge on any atom is -0.322 e. The molecule has 1 fully saturated rings. The summed E-state index contributed by atoms with van der Waals surface area (Å²) in [5.74, 6) is -0.704. The van der Waals surface area contributed by atoms with Crippen LogP contribution >= 0.6 is 0 Å². The van der Waals surface area contributed by atoms with Gasteiger partial charge in [-0.3, -0.25) is 19.3 Å². The number of carbonyl (C=O) groups is 3. The van der Waals surface area contributed by atoms with Gasteiger partial charge in [0.2, 0.25) is 11.8 Å². The SMILES string of the molecule is Cc1cnn(-c2ccc(C(=O)Nc3cccc(N4C(=O)CCC4=O)c3C)cc2)c1. The smallest absolute Gasteiger partial charge is 0.255 e. The highest BCUT2D eigenvalue weighted by Crippen LogP contribution is 2.30. The number of anilines is 2. The van der Waals surface area contributed by atoms with E-state index in [-0.39, 0.29) is 30.6 Å². The summed E-state index contributed by atoms with van der Waals surface area (Å²) in [6.07, 6.45) is 4.12. The highest BCUT2D eigenvalue weighted by molar-refractivity contribution is 6.20. The van der Waals surface area contributed by atoms with Gasteiger partial charge in [0.05, 0.1) is 17.6 Å². The Bertz CT molecular complexity index is 1100. The fourth-order valence-electron chi connectivity index (χ4n) is 3.36. The van der Waals surface area contributed by atoms with E-state index in [2.05, 4.69) is 10.4 Å². The van der Waals surface area contributed by atoms with Gasteiger partial charge in [-0.15, -0.1) is 0 Å². The summed E-state index contributed by atoms with van der Waals surface area (Å²) in [6.45, 7) is 3.75. The van der Waals surface area contributed by atoms with Crippen molar-refractivity contribution >= 4 is 29.1 Å². The first-order valence-corrected chi connectivity index (χ1v) is 9.32. The molecule has 0 unspecified atom stereocenters. The van der Waals surface area contributed by atoms with Crippen LogP contribution in [0.2, 0.25) is 0 Å². The van der Waals surface area contributed by atoms with Crippen molar-refractivity contribution < 1.29 is 14.4 Å². The molecule has 0 bridgehead atoms. The molecular weight excluding hydrogens is 368 g/mol. The van der Waals surface area contributed by atoms with E-state index in [9.17, 15) is 14.4 Å². The Kier molecular flexibility index (Phi) is 4.72. The normalized spacial score (nSPS) is 13.8. The zero-order chi connectivity index (χ0) is 20.5. The molecule has 0 atom stereocenters. The first-order valence-electron chi connectivity index (χ1n) is 9.32. The third-order valence-corrected chi connectivity index (χ3v) is 4.95. The zero-order valence-electron chi connectivity index (χ0n) is 16.2. The van der Waals surface area contributed by atoms with E-state index in [0.29, 0.717) is 22.5 Å². The van der Waals surface area contributed by atoms with E-state index in [1.54, 1.807) is 48.1 Å². The predicted molar refractivity (Wildman–Crippen MR) is 109 cm³/mol. The Morgan fingerprint density at radius 1 is 1.00 bits per heavy atom. The maximum absolute atomic E-state index is 12.7. The number of hydrogen-bond acceptors (Lipinski definition) is 4. The molecule has 4 rings (SSSR count). The van der Waals surface area contributed by atoms with Crippen molar-refractivity contribution in [1.82, 2.24) is 9.78 Å². The van der Waals surface area contributed by atoms with Crippen molar-refractivity contribution in [3.05, 3.63) is 71.5 Å². The Morgan fingerprint density at radius 2 is 1.69 bits per heavy atom. The number of aromatic nitrogens is 2. The van der Waals surface area contributed by atoms with Crippen LogP contribution in [0.4, 0.5) is 11.4 Å². The van der Waals surface area contributed by atoms with Crippen LogP contribution in [0.1, 0.15) is 34.3 Å². The highest BCUT2D eigenvalue weighted by Gasteiger charge is 2.31. The number of hydrogen-bond donors (Lipinski definition) is 1. The minimum atomic E-state index is -0.271. The molecule has 0 saturated carbocycles. The molecule has 146 valence electrons. The van der Waals surface area contributed by atoms with Crippen molar-refractivity contribution in [3.63, 3.8) is 0 Å². The molecule has 7 nitrogen and oxygen atoms in total. The molecule has 29 heavy (non-hydrogen) atoms. The molecule has 3 amide bonds. The lowest BCUT2D eigenvalue weighted by Gasteiger charge is -2.19. The van der Waals surface area contributed by atoms with Gasteiger partial charge in [0.15, 0.2) is 0 Å². The standard InChI is InChI=1S/C22H20N4O3/c1-14-12-23-25(13-14)17-8-6-16(7-9-17)22(29)24-18-4-3-5-19(15(18)2)26-20(27)10-11-21(26)28/h3-9,12-13H,10-11H2,1-2H3,(H,24,29). The van der Waals surface area contributed by atoms with Crippen molar-refractivity contribution in [2.24, 2.45) is 0 Å². The molecule has 1 saturated heterocycles. The predicted octanol–water partition coefficient (Wildman–Crippen LogP) is 3.39. The Labute approximate surface area is 167 Å². The van der Waals surface area contributed by atoms with Crippen LogP contribution in [0, 0.1) is 13.8 Å². The average molecular weight is 388 g/mol.